The standard InChI is InChI=1S/C16H25N3O/c1-12(2)18-9-10-19(15(18)20)14-8-6-5-7-13(14)11-16(3,4)17/h5-8,12H,9-11,17H2,1-4H3. The molecule has 2 N–H and O–H groups in total. The van der Waals surface area contributed by atoms with E-state index in [-0.39, 0.29) is 17.6 Å². The molecule has 1 aliphatic heterocycles. The zero-order chi connectivity index (χ0) is 14.9. The van der Waals surface area contributed by atoms with Gasteiger partial charge in [-0.15, -0.1) is 0 Å². The summed E-state index contributed by atoms with van der Waals surface area (Å²) >= 11 is 0. The lowest BCUT2D eigenvalue weighted by Gasteiger charge is -2.25. The maximum Gasteiger partial charge on any atom is 0.324 e. The molecule has 2 amide bonds. The Balaban J connectivity index is 2.28. The molecule has 0 atom stereocenters. The molecule has 0 unspecified atom stereocenters. The number of urea groups is 1. The van der Waals surface area contributed by atoms with Crippen LogP contribution in [-0.4, -0.2) is 35.6 Å². The topological polar surface area (TPSA) is 49.6 Å². The zero-order valence-electron chi connectivity index (χ0n) is 12.9. The highest BCUT2D eigenvalue weighted by molar-refractivity contribution is 5.95. The quantitative estimate of drug-likeness (QED) is 0.918. The number of anilines is 1. The number of amides is 2. The Morgan fingerprint density at radius 1 is 1.25 bits per heavy atom. The normalized spacial score (nSPS) is 16.4. The second-order valence-electron chi connectivity index (χ2n) is 6.52. The van der Waals surface area contributed by atoms with Crippen LogP contribution in [0.1, 0.15) is 33.3 Å². The summed E-state index contributed by atoms with van der Waals surface area (Å²) in [5.74, 6) is 0. The fourth-order valence-electron chi connectivity index (χ4n) is 2.67. The maximum absolute atomic E-state index is 12.5. The van der Waals surface area contributed by atoms with Crippen molar-refractivity contribution in [1.29, 1.82) is 0 Å². The number of benzene rings is 1. The number of carbonyl (C=O) groups is 1. The zero-order valence-corrected chi connectivity index (χ0v) is 12.9. The van der Waals surface area contributed by atoms with Crippen molar-refractivity contribution in [3.63, 3.8) is 0 Å². The number of carbonyl (C=O) groups excluding carboxylic acids is 1. The van der Waals surface area contributed by atoms with Crippen molar-refractivity contribution in [2.75, 3.05) is 18.0 Å². The van der Waals surface area contributed by atoms with Gasteiger partial charge in [-0.25, -0.2) is 4.79 Å². The van der Waals surface area contributed by atoms with Crippen molar-refractivity contribution in [3.8, 4) is 0 Å². The van der Waals surface area contributed by atoms with E-state index >= 15 is 0 Å². The van der Waals surface area contributed by atoms with Crippen molar-refractivity contribution >= 4 is 11.7 Å². The molecule has 1 aliphatic rings. The number of hydrogen-bond donors (Lipinski definition) is 1. The van der Waals surface area contributed by atoms with Crippen molar-refractivity contribution in [2.24, 2.45) is 5.73 Å². The maximum atomic E-state index is 12.5. The molecule has 20 heavy (non-hydrogen) atoms. The summed E-state index contributed by atoms with van der Waals surface area (Å²) in [7, 11) is 0. The first-order chi connectivity index (χ1) is 9.29. The first-order valence-corrected chi connectivity index (χ1v) is 7.24. The Morgan fingerprint density at radius 3 is 2.45 bits per heavy atom. The molecule has 1 fully saturated rings. The van der Waals surface area contributed by atoms with Gasteiger partial charge >= 0.3 is 6.03 Å². The summed E-state index contributed by atoms with van der Waals surface area (Å²) in [6, 6.07) is 8.41. The molecule has 1 saturated heterocycles. The Kier molecular flexibility index (Phi) is 4.04. The van der Waals surface area contributed by atoms with Gasteiger partial charge in [0.2, 0.25) is 0 Å². The van der Waals surface area contributed by atoms with Crippen LogP contribution in [0.25, 0.3) is 0 Å². The predicted octanol–water partition coefficient (Wildman–Crippen LogP) is 2.62. The molecule has 0 spiro atoms. The average Bonchev–Trinajstić information content (AvgIpc) is 2.70. The van der Waals surface area contributed by atoms with Gasteiger partial charge in [-0.05, 0) is 45.7 Å². The van der Waals surface area contributed by atoms with Gasteiger partial charge in [0.15, 0.2) is 0 Å². The fraction of sp³-hybridized carbons (Fsp3) is 0.562. The number of para-hydroxylation sites is 1. The third kappa shape index (κ3) is 3.12. The molecular weight excluding hydrogens is 250 g/mol. The van der Waals surface area contributed by atoms with Gasteiger partial charge in [0, 0.05) is 30.4 Å². The molecule has 0 radical (unpaired) electrons. The summed E-state index contributed by atoms with van der Waals surface area (Å²) < 4.78 is 0. The molecule has 110 valence electrons. The minimum atomic E-state index is -0.281. The predicted molar refractivity (Wildman–Crippen MR) is 83.0 cm³/mol. The van der Waals surface area contributed by atoms with Crippen LogP contribution in [0.15, 0.2) is 24.3 Å². The molecule has 0 saturated carbocycles. The Labute approximate surface area is 121 Å². The van der Waals surface area contributed by atoms with Crippen LogP contribution in [0.3, 0.4) is 0 Å². The molecule has 0 aromatic heterocycles. The minimum absolute atomic E-state index is 0.0993. The van der Waals surface area contributed by atoms with Gasteiger partial charge < -0.3 is 10.6 Å². The molecule has 0 bridgehead atoms. The molecule has 2 rings (SSSR count). The molecule has 0 aliphatic carbocycles. The summed E-state index contributed by atoms with van der Waals surface area (Å²) in [6.07, 6.45) is 0.759. The molecule has 4 nitrogen and oxygen atoms in total. The van der Waals surface area contributed by atoms with E-state index in [0.717, 1.165) is 30.8 Å². The van der Waals surface area contributed by atoms with E-state index < -0.39 is 0 Å². The van der Waals surface area contributed by atoms with Crippen LogP contribution >= 0.6 is 0 Å². The second-order valence-corrected chi connectivity index (χ2v) is 6.52. The third-order valence-corrected chi connectivity index (χ3v) is 3.59. The van der Waals surface area contributed by atoms with Crippen LogP contribution in [-0.2, 0) is 6.42 Å². The van der Waals surface area contributed by atoms with E-state index in [9.17, 15) is 4.79 Å². The van der Waals surface area contributed by atoms with E-state index in [2.05, 4.69) is 19.9 Å². The van der Waals surface area contributed by atoms with E-state index in [1.807, 2.05) is 41.8 Å². The van der Waals surface area contributed by atoms with E-state index in [0.29, 0.717) is 0 Å². The van der Waals surface area contributed by atoms with Gasteiger partial charge in [0.1, 0.15) is 0 Å². The highest BCUT2D eigenvalue weighted by Gasteiger charge is 2.32. The Morgan fingerprint density at radius 2 is 1.90 bits per heavy atom. The third-order valence-electron chi connectivity index (χ3n) is 3.59. The van der Waals surface area contributed by atoms with Crippen molar-refractivity contribution in [3.05, 3.63) is 29.8 Å². The van der Waals surface area contributed by atoms with Crippen molar-refractivity contribution in [1.82, 2.24) is 4.90 Å². The molecule has 4 heteroatoms. The SMILES string of the molecule is CC(C)N1CCN(c2ccccc2CC(C)(C)N)C1=O. The van der Waals surface area contributed by atoms with Crippen LogP contribution < -0.4 is 10.6 Å². The average molecular weight is 275 g/mol. The fourth-order valence-corrected chi connectivity index (χ4v) is 2.67. The highest BCUT2D eigenvalue weighted by Crippen LogP contribution is 2.27. The van der Waals surface area contributed by atoms with E-state index in [4.69, 9.17) is 5.73 Å². The van der Waals surface area contributed by atoms with Gasteiger partial charge in [-0.3, -0.25) is 4.90 Å². The Bertz CT molecular complexity index is 491. The second kappa shape index (κ2) is 5.44. The van der Waals surface area contributed by atoms with E-state index in [1.54, 1.807) is 0 Å². The molecule has 1 aromatic rings. The lowest BCUT2D eigenvalue weighted by Crippen LogP contribution is -2.38. The monoisotopic (exact) mass is 275 g/mol. The lowest BCUT2D eigenvalue weighted by molar-refractivity contribution is 0.209. The molecule has 1 aromatic carbocycles. The van der Waals surface area contributed by atoms with Crippen LogP contribution in [0.5, 0.6) is 0 Å². The minimum Gasteiger partial charge on any atom is -0.325 e. The smallest absolute Gasteiger partial charge is 0.324 e. The van der Waals surface area contributed by atoms with E-state index in [1.165, 1.54) is 0 Å². The van der Waals surface area contributed by atoms with Gasteiger partial charge in [0.25, 0.3) is 0 Å². The molecular formula is C16H25N3O. The van der Waals surface area contributed by atoms with Crippen molar-refractivity contribution in [2.45, 2.75) is 45.7 Å². The summed E-state index contributed by atoms with van der Waals surface area (Å²) in [5, 5.41) is 0. The van der Waals surface area contributed by atoms with Crippen LogP contribution in [0.4, 0.5) is 10.5 Å². The molecule has 1 heterocycles. The number of rotatable bonds is 4. The first kappa shape index (κ1) is 14.9. The summed E-state index contributed by atoms with van der Waals surface area (Å²) in [4.78, 5) is 16.3. The lowest BCUT2D eigenvalue weighted by atomic mass is 9.95. The highest BCUT2D eigenvalue weighted by atomic mass is 16.2. The van der Waals surface area contributed by atoms with Gasteiger partial charge in [-0.1, -0.05) is 18.2 Å². The number of nitrogens with two attached hydrogens (primary N) is 1. The van der Waals surface area contributed by atoms with Crippen LogP contribution in [0.2, 0.25) is 0 Å². The largest absolute Gasteiger partial charge is 0.325 e. The van der Waals surface area contributed by atoms with Gasteiger partial charge in [0.05, 0.1) is 0 Å². The number of nitrogens with zero attached hydrogens (tertiary/aromatic N) is 2. The summed E-state index contributed by atoms with van der Waals surface area (Å²) in [5.41, 5.74) is 7.99. The van der Waals surface area contributed by atoms with Crippen LogP contribution in [0, 0.1) is 0 Å². The van der Waals surface area contributed by atoms with Gasteiger partial charge in [-0.2, -0.15) is 0 Å². The number of hydrogen-bond acceptors (Lipinski definition) is 2. The van der Waals surface area contributed by atoms with Crippen molar-refractivity contribution < 1.29 is 4.79 Å². The first-order valence-electron chi connectivity index (χ1n) is 7.24. The summed E-state index contributed by atoms with van der Waals surface area (Å²) in [6.45, 7) is 9.66. The Hall–Kier alpha value is -1.55.